The molecule has 0 saturated carbocycles. The SMILES string of the molecule is O=C1C(O)=CCC1(Cl)Cl. The number of halogens is 2. The van der Waals surface area contributed by atoms with Gasteiger partial charge in [-0.1, -0.05) is 23.2 Å². The van der Waals surface area contributed by atoms with Gasteiger partial charge in [0.15, 0.2) is 10.1 Å². The lowest BCUT2D eigenvalue weighted by atomic mass is 10.3. The molecule has 50 valence electrons. The molecule has 1 rings (SSSR count). The Morgan fingerprint density at radius 3 is 2.33 bits per heavy atom. The van der Waals surface area contributed by atoms with Crippen LogP contribution in [0.1, 0.15) is 6.42 Å². The molecule has 0 unspecified atom stereocenters. The first kappa shape index (κ1) is 6.90. The zero-order valence-corrected chi connectivity index (χ0v) is 5.91. The van der Waals surface area contributed by atoms with Crippen LogP contribution < -0.4 is 0 Å². The first-order chi connectivity index (χ1) is 4.04. The van der Waals surface area contributed by atoms with Crippen LogP contribution in [0.4, 0.5) is 0 Å². The first-order valence-corrected chi connectivity index (χ1v) is 3.11. The number of hydrogen-bond acceptors (Lipinski definition) is 2. The van der Waals surface area contributed by atoms with Gasteiger partial charge in [0.05, 0.1) is 0 Å². The number of rotatable bonds is 0. The molecular formula is C5H4Cl2O2. The zero-order chi connectivity index (χ0) is 7.07. The Bertz CT molecular complexity index is 183. The van der Waals surface area contributed by atoms with Crippen molar-refractivity contribution < 1.29 is 9.90 Å². The van der Waals surface area contributed by atoms with Crippen molar-refractivity contribution in [3.8, 4) is 0 Å². The molecule has 0 aliphatic heterocycles. The number of carbonyl (C=O) groups excluding carboxylic acids is 1. The van der Waals surface area contributed by atoms with Crippen molar-refractivity contribution in [2.75, 3.05) is 0 Å². The maximum atomic E-state index is 10.6. The first-order valence-electron chi connectivity index (χ1n) is 2.36. The quantitative estimate of drug-likeness (QED) is 0.556. The van der Waals surface area contributed by atoms with Gasteiger partial charge in [0.1, 0.15) is 0 Å². The zero-order valence-electron chi connectivity index (χ0n) is 4.40. The molecule has 2 nitrogen and oxygen atoms in total. The molecule has 4 heteroatoms. The lowest BCUT2D eigenvalue weighted by molar-refractivity contribution is -0.117. The summed E-state index contributed by atoms with van der Waals surface area (Å²) in [5, 5.41) is 8.68. The van der Waals surface area contributed by atoms with E-state index in [1.54, 1.807) is 0 Å². The Kier molecular flexibility index (Phi) is 1.45. The van der Waals surface area contributed by atoms with Gasteiger partial charge in [-0.05, 0) is 6.08 Å². The molecule has 0 saturated heterocycles. The minimum absolute atomic E-state index is 0.195. The van der Waals surface area contributed by atoms with Crippen molar-refractivity contribution in [3.05, 3.63) is 11.8 Å². The molecule has 0 amide bonds. The molecule has 0 aromatic carbocycles. The van der Waals surface area contributed by atoms with Gasteiger partial charge in [0.2, 0.25) is 5.78 Å². The second-order valence-electron chi connectivity index (χ2n) is 1.83. The average molecular weight is 167 g/mol. The van der Waals surface area contributed by atoms with Crippen molar-refractivity contribution in [3.63, 3.8) is 0 Å². The standard InChI is InChI=1S/C5H4Cl2O2/c6-5(7)2-1-3(8)4(5)9/h1,8H,2H2. The van der Waals surface area contributed by atoms with E-state index in [4.69, 9.17) is 28.3 Å². The average Bonchev–Trinajstić information content (AvgIpc) is 1.97. The molecule has 0 atom stereocenters. The summed E-state index contributed by atoms with van der Waals surface area (Å²) in [6.45, 7) is 0. The highest BCUT2D eigenvalue weighted by molar-refractivity contribution is 6.60. The van der Waals surface area contributed by atoms with Crippen LogP contribution in [-0.4, -0.2) is 15.2 Å². The van der Waals surface area contributed by atoms with E-state index >= 15 is 0 Å². The lowest BCUT2D eigenvalue weighted by Crippen LogP contribution is -2.20. The van der Waals surface area contributed by atoms with Gasteiger partial charge >= 0.3 is 0 Å². The highest BCUT2D eigenvalue weighted by Gasteiger charge is 2.39. The fourth-order valence-electron chi connectivity index (χ4n) is 0.598. The van der Waals surface area contributed by atoms with Crippen LogP contribution in [0.5, 0.6) is 0 Å². The van der Waals surface area contributed by atoms with Crippen molar-refractivity contribution in [1.29, 1.82) is 0 Å². The molecule has 1 aliphatic rings. The number of Topliss-reactive ketones (excluding diaryl/α,β-unsaturated/α-hetero) is 1. The predicted octanol–water partition coefficient (Wildman–Crippen LogP) is 1.57. The molecule has 0 bridgehead atoms. The van der Waals surface area contributed by atoms with Gasteiger partial charge in [0.25, 0.3) is 0 Å². The second kappa shape index (κ2) is 1.89. The van der Waals surface area contributed by atoms with Crippen LogP contribution >= 0.6 is 23.2 Å². The van der Waals surface area contributed by atoms with Crippen molar-refractivity contribution in [2.24, 2.45) is 0 Å². The smallest absolute Gasteiger partial charge is 0.232 e. The van der Waals surface area contributed by atoms with E-state index in [2.05, 4.69) is 0 Å². The molecule has 0 heterocycles. The highest BCUT2D eigenvalue weighted by atomic mass is 35.5. The monoisotopic (exact) mass is 166 g/mol. The Hall–Kier alpha value is -0.210. The summed E-state index contributed by atoms with van der Waals surface area (Å²) < 4.78 is -1.41. The fraction of sp³-hybridized carbons (Fsp3) is 0.400. The molecule has 1 N–H and O–H groups in total. The largest absolute Gasteiger partial charge is 0.505 e. The van der Waals surface area contributed by atoms with Gasteiger partial charge in [-0.15, -0.1) is 0 Å². The van der Waals surface area contributed by atoms with Gasteiger partial charge in [-0.25, -0.2) is 0 Å². The predicted molar refractivity (Wildman–Crippen MR) is 34.8 cm³/mol. The van der Waals surface area contributed by atoms with Crippen LogP contribution in [0, 0.1) is 0 Å². The van der Waals surface area contributed by atoms with Gasteiger partial charge in [-0.2, -0.15) is 0 Å². The van der Waals surface area contributed by atoms with E-state index in [0.29, 0.717) is 0 Å². The molecule has 0 fully saturated rings. The molecule has 0 aromatic heterocycles. The third-order valence-corrected chi connectivity index (χ3v) is 1.77. The maximum Gasteiger partial charge on any atom is 0.232 e. The van der Waals surface area contributed by atoms with Crippen molar-refractivity contribution in [2.45, 2.75) is 10.8 Å². The normalized spacial score (nSPS) is 24.2. The number of allylic oxidation sites excluding steroid dienone is 2. The Labute approximate surface area is 62.1 Å². The third-order valence-electron chi connectivity index (χ3n) is 1.12. The number of alkyl halides is 2. The van der Waals surface area contributed by atoms with Crippen LogP contribution in [0.15, 0.2) is 11.8 Å². The van der Waals surface area contributed by atoms with E-state index in [9.17, 15) is 4.79 Å². The Balaban J connectivity index is 2.86. The summed E-state index contributed by atoms with van der Waals surface area (Å²) in [5.41, 5.74) is 0. The minimum atomic E-state index is -1.41. The number of carbonyl (C=O) groups is 1. The fourth-order valence-corrected chi connectivity index (χ4v) is 0.946. The summed E-state index contributed by atoms with van der Waals surface area (Å²) in [4.78, 5) is 10.6. The number of ketones is 1. The summed E-state index contributed by atoms with van der Waals surface area (Å²) in [7, 11) is 0. The van der Waals surface area contributed by atoms with E-state index in [1.807, 2.05) is 0 Å². The van der Waals surface area contributed by atoms with E-state index < -0.39 is 10.1 Å². The Morgan fingerprint density at radius 2 is 2.22 bits per heavy atom. The molecule has 0 aromatic rings. The maximum absolute atomic E-state index is 10.6. The number of aliphatic hydroxyl groups is 1. The minimum Gasteiger partial charge on any atom is -0.505 e. The van der Waals surface area contributed by atoms with Crippen molar-refractivity contribution >= 4 is 29.0 Å². The van der Waals surface area contributed by atoms with E-state index in [-0.39, 0.29) is 12.2 Å². The van der Waals surface area contributed by atoms with Crippen LogP contribution in [0.2, 0.25) is 0 Å². The van der Waals surface area contributed by atoms with Crippen molar-refractivity contribution in [1.82, 2.24) is 0 Å². The van der Waals surface area contributed by atoms with E-state index in [0.717, 1.165) is 0 Å². The van der Waals surface area contributed by atoms with Crippen LogP contribution in [0.3, 0.4) is 0 Å². The summed E-state index contributed by atoms with van der Waals surface area (Å²) in [6, 6.07) is 0. The summed E-state index contributed by atoms with van der Waals surface area (Å²) in [5.74, 6) is -0.939. The highest BCUT2D eigenvalue weighted by Crippen LogP contribution is 2.34. The van der Waals surface area contributed by atoms with Crippen LogP contribution in [0.25, 0.3) is 0 Å². The second-order valence-corrected chi connectivity index (χ2v) is 3.31. The number of hydrogen-bond donors (Lipinski definition) is 1. The molecule has 9 heavy (non-hydrogen) atoms. The van der Waals surface area contributed by atoms with Gasteiger partial charge in [-0.3, -0.25) is 4.79 Å². The molecular weight excluding hydrogens is 163 g/mol. The lowest BCUT2D eigenvalue weighted by Gasteiger charge is -2.06. The third kappa shape index (κ3) is 1.05. The van der Waals surface area contributed by atoms with E-state index in [1.165, 1.54) is 6.08 Å². The number of aliphatic hydroxyl groups excluding tert-OH is 1. The molecule has 0 spiro atoms. The van der Waals surface area contributed by atoms with Gasteiger partial charge in [0, 0.05) is 6.42 Å². The molecule has 0 radical (unpaired) electrons. The summed E-state index contributed by atoms with van der Waals surface area (Å²) in [6.07, 6.45) is 1.50. The summed E-state index contributed by atoms with van der Waals surface area (Å²) >= 11 is 10.8. The molecule has 1 aliphatic carbocycles. The Morgan fingerprint density at radius 1 is 1.67 bits per heavy atom. The van der Waals surface area contributed by atoms with Crippen LogP contribution in [-0.2, 0) is 4.79 Å². The topological polar surface area (TPSA) is 37.3 Å². The van der Waals surface area contributed by atoms with Gasteiger partial charge < -0.3 is 5.11 Å².